The summed E-state index contributed by atoms with van der Waals surface area (Å²) in [6.45, 7) is 2.17. The molecule has 1 aliphatic carbocycles. The summed E-state index contributed by atoms with van der Waals surface area (Å²) < 4.78 is 0. The van der Waals surface area contributed by atoms with Crippen LogP contribution in [-0.4, -0.2) is 30.1 Å². The molecular weight excluding hydrogens is 236 g/mol. The van der Waals surface area contributed by atoms with Gasteiger partial charge in [-0.15, -0.1) is 0 Å². The van der Waals surface area contributed by atoms with Crippen molar-refractivity contribution < 1.29 is 0 Å². The van der Waals surface area contributed by atoms with E-state index in [4.69, 9.17) is 0 Å². The number of anilines is 2. The molecule has 0 saturated heterocycles. The first-order valence-electron chi connectivity index (χ1n) is 7.52. The molecule has 4 heteroatoms. The fourth-order valence-electron chi connectivity index (χ4n) is 3.07. The molecule has 1 aliphatic rings. The number of nitrogens with one attached hydrogen (secondary N) is 1. The van der Waals surface area contributed by atoms with E-state index in [9.17, 15) is 0 Å². The first-order chi connectivity index (χ1) is 9.27. The second-order valence-corrected chi connectivity index (χ2v) is 5.38. The summed E-state index contributed by atoms with van der Waals surface area (Å²) in [5.41, 5.74) is 1.23. The van der Waals surface area contributed by atoms with Gasteiger partial charge in [-0.25, -0.2) is 9.97 Å². The molecule has 0 atom stereocenters. The summed E-state index contributed by atoms with van der Waals surface area (Å²) in [6, 6.07) is 0.632. The molecule has 1 fully saturated rings. The Morgan fingerprint density at radius 1 is 1.21 bits per heavy atom. The van der Waals surface area contributed by atoms with Gasteiger partial charge in [0.25, 0.3) is 0 Å². The molecule has 1 heterocycles. The Hall–Kier alpha value is -1.32. The van der Waals surface area contributed by atoms with Gasteiger partial charge < -0.3 is 10.2 Å². The molecule has 0 bridgehead atoms. The Bertz CT molecular complexity index is 397. The smallest absolute Gasteiger partial charge is 0.137 e. The maximum Gasteiger partial charge on any atom is 0.137 e. The normalized spacial score (nSPS) is 17.0. The second-order valence-electron chi connectivity index (χ2n) is 5.38. The highest BCUT2D eigenvalue weighted by molar-refractivity contribution is 5.58. The molecule has 106 valence electrons. The molecule has 0 amide bonds. The average Bonchev–Trinajstić information content (AvgIpc) is 2.74. The molecular formula is C15H26N4. The molecule has 1 N–H and O–H groups in total. The zero-order chi connectivity index (χ0) is 13.7. The third kappa shape index (κ3) is 3.17. The van der Waals surface area contributed by atoms with Gasteiger partial charge in [-0.2, -0.15) is 0 Å². The zero-order valence-electron chi connectivity index (χ0n) is 12.4. The van der Waals surface area contributed by atoms with E-state index < -0.39 is 0 Å². The highest BCUT2D eigenvalue weighted by Gasteiger charge is 2.21. The topological polar surface area (TPSA) is 41.1 Å². The lowest BCUT2D eigenvalue weighted by atomic mass is 10.1. The van der Waals surface area contributed by atoms with Gasteiger partial charge >= 0.3 is 0 Å². The Morgan fingerprint density at radius 3 is 2.47 bits per heavy atom. The molecule has 0 unspecified atom stereocenters. The SMILES string of the molecule is CCc1c(NC)ncnc1N(C)C1CCCCCC1. The fourth-order valence-corrected chi connectivity index (χ4v) is 3.07. The van der Waals surface area contributed by atoms with E-state index in [2.05, 4.69) is 34.2 Å². The molecule has 2 rings (SSSR count). The van der Waals surface area contributed by atoms with Crippen LogP contribution in [0.3, 0.4) is 0 Å². The van der Waals surface area contributed by atoms with Crippen molar-refractivity contribution in [3.63, 3.8) is 0 Å². The molecule has 1 aromatic rings. The molecule has 1 aromatic heterocycles. The lowest BCUT2D eigenvalue weighted by molar-refractivity contribution is 0.547. The molecule has 0 radical (unpaired) electrons. The van der Waals surface area contributed by atoms with Gasteiger partial charge in [0.1, 0.15) is 18.0 Å². The van der Waals surface area contributed by atoms with Crippen LogP contribution in [0.15, 0.2) is 6.33 Å². The molecule has 19 heavy (non-hydrogen) atoms. The van der Waals surface area contributed by atoms with Crippen molar-refractivity contribution in [3.8, 4) is 0 Å². The van der Waals surface area contributed by atoms with Crippen molar-refractivity contribution in [2.75, 3.05) is 24.3 Å². The van der Waals surface area contributed by atoms with Gasteiger partial charge in [-0.3, -0.25) is 0 Å². The van der Waals surface area contributed by atoms with Crippen LogP contribution in [0.4, 0.5) is 11.6 Å². The molecule has 4 nitrogen and oxygen atoms in total. The van der Waals surface area contributed by atoms with Crippen LogP contribution >= 0.6 is 0 Å². The monoisotopic (exact) mass is 262 g/mol. The van der Waals surface area contributed by atoms with Gasteiger partial charge in [-0.05, 0) is 19.3 Å². The number of nitrogens with zero attached hydrogens (tertiary/aromatic N) is 3. The highest BCUT2D eigenvalue weighted by atomic mass is 15.2. The van der Waals surface area contributed by atoms with Gasteiger partial charge in [0.2, 0.25) is 0 Å². The van der Waals surface area contributed by atoms with Gasteiger partial charge in [-0.1, -0.05) is 32.6 Å². The predicted octanol–water partition coefficient (Wildman–Crippen LogP) is 3.24. The lowest BCUT2D eigenvalue weighted by Crippen LogP contribution is -2.32. The predicted molar refractivity (Wildman–Crippen MR) is 80.8 cm³/mol. The van der Waals surface area contributed by atoms with E-state index >= 15 is 0 Å². The van der Waals surface area contributed by atoms with E-state index in [1.165, 1.54) is 44.1 Å². The average molecular weight is 262 g/mol. The number of rotatable bonds is 4. The second kappa shape index (κ2) is 6.73. The van der Waals surface area contributed by atoms with E-state index in [1.807, 2.05) is 7.05 Å². The summed E-state index contributed by atoms with van der Waals surface area (Å²) in [6.07, 6.45) is 10.7. The van der Waals surface area contributed by atoms with Crippen LogP contribution in [0.1, 0.15) is 51.0 Å². The number of aromatic nitrogens is 2. The quantitative estimate of drug-likeness (QED) is 0.846. The fraction of sp³-hybridized carbons (Fsp3) is 0.733. The van der Waals surface area contributed by atoms with Gasteiger partial charge in [0.15, 0.2) is 0 Å². The minimum Gasteiger partial charge on any atom is -0.373 e. The van der Waals surface area contributed by atoms with E-state index in [1.54, 1.807) is 6.33 Å². The summed E-state index contributed by atoms with van der Waals surface area (Å²) in [7, 11) is 4.12. The van der Waals surface area contributed by atoms with Crippen LogP contribution in [0.25, 0.3) is 0 Å². The minimum absolute atomic E-state index is 0.632. The standard InChI is InChI=1S/C15H26N4/c1-4-13-14(16-2)17-11-18-15(13)19(3)12-9-7-5-6-8-10-12/h11-12H,4-10H2,1-3H3,(H,16,17,18). The van der Waals surface area contributed by atoms with E-state index in [0.717, 1.165) is 18.1 Å². The van der Waals surface area contributed by atoms with E-state index in [0.29, 0.717) is 6.04 Å². The zero-order valence-corrected chi connectivity index (χ0v) is 12.4. The maximum absolute atomic E-state index is 4.54. The van der Waals surface area contributed by atoms with Crippen molar-refractivity contribution >= 4 is 11.6 Å². The summed E-state index contributed by atoms with van der Waals surface area (Å²) >= 11 is 0. The van der Waals surface area contributed by atoms with Crippen molar-refractivity contribution in [2.24, 2.45) is 0 Å². The van der Waals surface area contributed by atoms with Crippen molar-refractivity contribution in [3.05, 3.63) is 11.9 Å². The van der Waals surface area contributed by atoms with Crippen molar-refractivity contribution in [1.29, 1.82) is 0 Å². The van der Waals surface area contributed by atoms with Gasteiger partial charge in [0, 0.05) is 25.7 Å². The molecule has 0 aliphatic heterocycles. The Kier molecular flexibility index (Phi) is 5.00. The summed E-state index contributed by atoms with van der Waals surface area (Å²) in [5.74, 6) is 2.07. The first-order valence-corrected chi connectivity index (χ1v) is 7.52. The minimum atomic E-state index is 0.632. The molecule has 0 spiro atoms. The number of hydrogen-bond acceptors (Lipinski definition) is 4. The largest absolute Gasteiger partial charge is 0.373 e. The summed E-state index contributed by atoms with van der Waals surface area (Å²) in [4.78, 5) is 11.2. The van der Waals surface area contributed by atoms with Crippen LogP contribution in [0.2, 0.25) is 0 Å². The van der Waals surface area contributed by atoms with Gasteiger partial charge in [0.05, 0.1) is 0 Å². The lowest BCUT2D eigenvalue weighted by Gasteiger charge is -2.30. The first kappa shape index (κ1) is 14.1. The third-order valence-electron chi connectivity index (χ3n) is 4.22. The Labute approximate surface area is 116 Å². The molecule has 0 aromatic carbocycles. The van der Waals surface area contributed by atoms with Crippen LogP contribution < -0.4 is 10.2 Å². The van der Waals surface area contributed by atoms with E-state index in [-0.39, 0.29) is 0 Å². The van der Waals surface area contributed by atoms with Crippen LogP contribution in [0, 0.1) is 0 Å². The maximum atomic E-state index is 4.54. The van der Waals surface area contributed by atoms with Crippen molar-refractivity contribution in [2.45, 2.75) is 57.9 Å². The third-order valence-corrected chi connectivity index (χ3v) is 4.22. The molecule has 1 saturated carbocycles. The van der Waals surface area contributed by atoms with Crippen LogP contribution in [0.5, 0.6) is 0 Å². The Balaban J connectivity index is 2.24. The Morgan fingerprint density at radius 2 is 1.89 bits per heavy atom. The highest BCUT2D eigenvalue weighted by Crippen LogP contribution is 2.28. The number of hydrogen-bond donors (Lipinski definition) is 1. The van der Waals surface area contributed by atoms with Crippen molar-refractivity contribution in [1.82, 2.24) is 9.97 Å². The van der Waals surface area contributed by atoms with Crippen LogP contribution in [-0.2, 0) is 6.42 Å². The summed E-state index contributed by atoms with van der Waals surface area (Å²) in [5, 5.41) is 3.18.